The molecule has 1 amide bonds. The first-order chi connectivity index (χ1) is 9.62. The molecule has 0 aromatic carbocycles. The molecular weight excluding hydrogens is 256 g/mol. The first kappa shape index (κ1) is 14.5. The third-order valence-electron chi connectivity index (χ3n) is 4.00. The summed E-state index contributed by atoms with van der Waals surface area (Å²) < 4.78 is 0. The second-order valence-corrected chi connectivity index (χ2v) is 5.42. The van der Waals surface area contributed by atoms with Crippen LogP contribution in [0.3, 0.4) is 0 Å². The number of pyridine rings is 1. The number of carboxylic acid groups (broad SMARTS) is 1. The molecule has 0 spiro atoms. The van der Waals surface area contributed by atoms with Crippen LogP contribution in [-0.4, -0.2) is 28.5 Å². The molecule has 2 N–H and O–H groups in total. The maximum absolute atomic E-state index is 11.9. The number of nitrogens with one attached hydrogen (secondary N) is 1. The number of rotatable bonds is 6. The van der Waals surface area contributed by atoms with Crippen molar-refractivity contribution in [1.29, 1.82) is 0 Å². The number of carbonyl (C=O) groups excluding carboxylic acids is 1. The van der Waals surface area contributed by atoms with Gasteiger partial charge in [0, 0.05) is 25.4 Å². The maximum Gasteiger partial charge on any atom is 0.310 e. The Bertz CT molecular complexity index is 467. The predicted molar refractivity (Wildman–Crippen MR) is 74.1 cm³/mol. The summed E-state index contributed by atoms with van der Waals surface area (Å²) in [6, 6.07) is 3.81. The van der Waals surface area contributed by atoms with E-state index < -0.39 is 11.4 Å². The van der Waals surface area contributed by atoms with Crippen LogP contribution in [0.15, 0.2) is 24.5 Å². The van der Waals surface area contributed by atoms with Crippen LogP contribution in [0.2, 0.25) is 0 Å². The molecule has 1 aromatic rings. The van der Waals surface area contributed by atoms with E-state index in [1.165, 1.54) is 0 Å². The molecule has 20 heavy (non-hydrogen) atoms. The topological polar surface area (TPSA) is 79.3 Å². The number of hydrogen-bond acceptors (Lipinski definition) is 3. The first-order valence-electron chi connectivity index (χ1n) is 7.01. The summed E-state index contributed by atoms with van der Waals surface area (Å²) in [6.07, 6.45) is 7.28. The van der Waals surface area contributed by atoms with E-state index in [0.717, 1.165) is 24.8 Å². The Balaban J connectivity index is 1.79. The van der Waals surface area contributed by atoms with Gasteiger partial charge in [0.15, 0.2) is 0 Å². The van der Waals surface area contributed by atoms with Crippen LogP contribution in [0.4, 0.5) is 0 Å². The lowest BCUT2D eigenvalue weighted by atomic mass is 9.82. The van der Waals surface area contributed by atoms with Crippen molar-refractivity contribution in [1.82, 2.24) is 10.3 Å². The SMILES string of the molecule is O=C(CC1(C(=O)O)CCCC1)NCCc1ccncc1. The number of aliphatic carboxylic acids is 1. The third kappa shape index (κ3) is 3.56. The van der Waals surface area contributed by atoms with Crippen molar-refractivity contribution >= 4 is 11.9 Å². The molecule has 0 saturated heterocycles. The van der Waals surface area contributed by atoms with Crippen molar-refractivity contribution in [2.75, 3.05) is 6.54 Å². The summed E-state index contributed by atoms with van der Waals surface area (Å²) in [6.45, 7) is 0.526. The van der Waals surface area contributed by atoms with Crippen LogP contribution in [0.1, 0.15) is 37.7 Å². The second-order valence-electron chi connectivity index (χ2n) is 5.42. The van der Waals surface area contributed by atoms with E-state index in [4.69, 9.17) is 0 Å². The van der Waals surface area contributed by atoms with E-state index >= 15 is 0 Å². The molecule has 1 fully saturated rings. The maximum atomic E-state index is 11.9. The zero-order valence-electron chi connectivity index (χ0n) is 11.5. The van der Waals surface area contributed by atoms with E-state index in [9.17, 15) is 14.7 Å². The fourth-order valence-corrected chi connectivity index (χ4v) is 2.78. The highest BCUT2D eigenvalue weighted by molar-refractivity contribution is 5.85. The fraction of sp³-hybridized carbons (Fsp3) is 0.533. The van der Waals surface area contributed by atoms with E-state index in [2.05, 4.69) is 10.3 Å². The molecule has 0 unspecified atom stereocenters. The molecular formula is C15H20N2O3. The molecule has 0 aliphatic heterocycles. The molecule has 1 aromatic heterocycles. The number of nitrogens with zero attached hydrogens (tertiary/aromatic N) is 1. The van der Waals surface area contributed by atoms with Crippen LogP contribution in [-0.2, 0) is 16.0 Å². The second kappa shape index (κ2) is 6.50. The standard InChI is InChI=1S/C15H20N2O3/c18-13(11-15(14(19)20)6-1-2-7-15)17-10-5-12-3-8-16-9-4-12/h3-4,8-9H,1-2,5-7,10-11H2,(H,17,18)(H,19,20). The van der Waals surface area contributed by atoms with Crippen LogP contribution in [0.25, 0.3) is 0 Å². The fourth-order valence-electron chi connectivity index (χ4n) is 2.78. The van der Waals surface area contributed by atoms with Gasteiger partial charge < -0.3 is 10.4 Å². The predicted octanol–water partition coefficient (Wildman–Crippen LogP) is 1.78. The summed E-state index contributed by atoms with van der Waals surface area (Å²) in [5.74, 6) is -0.998. The number of carbonyl (C=O) groups is 2. The van der Waals surface area contributed by atoms with Gasteiger partial charge in [-0.15, -0.1) is 0 Å². The molecule has 2 rings (SSSR count). The van der Waals surface area contributed by atoms with Gasteiger partial charge >= 0.3 is 5.97 Å². The van der Waals surface area contributed by atoms with Gasteiger partial charge in [-0.05, 0) is 37.0 Å². The minimum atomic E-state index is -0.834. The van der Waals surface area contributed by atoms with Gasteiger partial charge in [-0.3, -0.25) is 14.6 Å². The van der Waals surface area contributed by atoms with Gasteiger partial charge in [-0.1, -0.05) is 12.8 Å². The Labute approximate surface area is 118 Å². The number of carboxylic acids is 1. The van der Waals surface area contributed by atoms with Gasteiger partial charge in [0.1, 0.15) is 0 Å². The van der Waals surface area contributed by atoms with E-state index in [1.807, 2.05) is 12.1 Å². The highest BCUT2D eigenvalue weighted by Crippen LogP contribution is 2.41. The Morgan fingerprint density at radius 3 is 2.50 bits per heavy atom. The normalized spacial score (nSPS) is 16.8. The third-order valence-corrected chi connectivity index (χ3v) is 4.00. The van der Waals surface area contributed by atoms with E-state index in [-0.39, 0.29) is 12.3 Å². The number of amides is 1. The summed E-state index contributed by atoms with van der Waals surface area (Å²) in [5.41, 5.74) is 0.273. The zero-order valence-corrected chi connectivity index (χ0v) is 11.5. The molecule has 5 nitrogen and oxygen atoms in total. The zero-order chi connectivity index (χ0) is 14.4. The van der Waals surface area contributed by atoms with E-state index in [0.29, 0.717) is 19.4 Å². The molecule has 1 aliphatic carbocycles. The molecule has 0 atom stereocenters. The van der Waals surface area contributed by atoms with Gasteiger partial charge in [0.2, 0.25) is 5.91 Å². The van der Waals surface area contributed by atoms with Crippen molar-refractivity contribution < 1.29 is 14.7 Å². The van der Waals surface area contributed by atoms with Crippen LogP contribution in [0.5, 0.6) is 0 Å². The number of hydrogen-bond donors (Lipinski definition) is 2. The highest BCUT2D eigenvalue weighted by atomic mass is 16.4. The summed E-state index contributed by atoms with van der Waals surface area (Å²) in [7, 11) is 0. The molecule has 1 aliphatic rings. The van der Waals surface area contributed by atoms with Crippen LogP contribution >= 0.6 is 0 Å². The lowest BCUT2D eigenvalue weighted by Crippen LogP contribution is -2.36. The van der Waals surface area contributed by atoms with Gasteiger partial charge in [0.25, 0.3) is 0 Å². The van der Waals surface area contributed by atoms with Crippen molar-refractivity contribution in [3.8, 4) is 0 Å². The molecule has 0 bridgehead atoms. The van der Waals surface area contributed by atoms with Crippen molar-refractivity contribution in [2.45, 2.75) is 38.5 Å². The lowest BCUT2D eigenvalue weighted by molar-refractivity contribution is -0.151. The Morgan fingerprint density at radius 2 is 1.90 bits per heavy atom. The summed E-state index contributed by atoms with van der Waals surface area (Å²) in [4.78, 5) is 27.2. The van der Waals surface area contributed by atoms with Gasteiger partial charge in [-0.2, -0.15) is 0 Å². The Hall–Kier alpha value is -1.91. The molecule has 108 valence electrons. The highest BCUT2D eigenvalue weighted by Gasteiger charge is 2.42. The van der Waals surface area contributed by atoms with Crippen molar-refractivity contribution in [3.05, 3.63) is 30.1 Å². The monoisotopic (exact) mass is 276 g/mol. The summed E-state index contributed by atoms with van der Waals surface area (Å²) >= 11 is 0. The molecule has 1 saturated carbocycles. The Kier molecular flexibility index (Phi) is 4.71. The minimum absolute atomic E-state index is 0.0959. The van der Waals surface area contributed by atoms with Crippen molar-refractivity contribution in [2.24, 2.45) is 5.41 Å². The van der Waals surface area contributed by atoms with Gasteiger partial charge in [0.05, 0.1) is 5.41 Å². The quantitative estimate of drug-likeness (QED) is 0.830. The van der Waals surface area contributed by atoms with Crippen LogP contribution < -0.4 is 5.32 Å². The number of aromatic nitrogens is 1. The molecule has 0 radical (unpaired) electrons. The molecule has 1 heterocycles. The smallest absolute Gasteiger partial charge is 0.310 e. The lowest BCUT2D eigenvalue weighted by Gasteiger charge is -2.22. The van der Waals surface area contributed by atoms with Crippen molar-refractivity contribution in [3.63, 3.8) is 0 Å². The Morgan fingerprint density at radius 1 is 1.25 bits per heavy atom. The average molecular weight is 276 g/mol. The molecule has 5 heteroatoms. The van der Waals surface area contributed by atoms with E-state index in [1.54, 1.807) is 12.4 Å². The minimum Gasteiger partial charge on any atom is -0.481 e. The average Bonchev–Trinajstić information content (AvgIpc) is 2.90. The summed E-state index contributed by atoms with van der Waals surface area (Å²) in [5, 5.41) is 12.1. The largest absolute Gasteiger partial charge is 0.481 e. The first-order valence-corrected chi connectivity index (χ1v) is 7.01. The van der Waals surface area contributed by atoms with Gasteiger partial charge in [-0.25, -0.2) is 0 Å². The van der Waals surface area contributed by atoms with Crippen LogP contribution in [0, 0.1) is 5.41 Å².